The van der Waals surface area contributed by atoms with E-state index in [9.17, 15) is 8.78 Å². The van der Waals surface area contributed by atoms with Gasteiger partial charge in [0.05, 0.1) is 6.04 Å². The lowest BCUT2D eigenvalue weighted by atomic mass is 10.1. The Morgan fingerprint density at radius 2 is 2.06 bits per heavy atom. The van der Waals surface area contributed by atoms with Gasteiger partial charge in [-0.15, -0.1) is 0 Å². The minimum atomic E-state index is -0.448. The van der Waals surface area contributed by atoms with Crippen molar-refractivity contribution < 1.29 is 8.78 Å². The third kappa shape index (κ3) is 2.61. The Hall–Kier alpha value is -1.91. The van der Waals surface area contributed by atoms with Crippen LogP contribution in [0, 0.1) is 11.6 Å². The standard InChI is InChI=1S/C12H13F2N3/c1-8(15-12-5-6-17(2)16-12)10-7-9(13)3-4-11(10)14/h3-8H,1-2H3,(H,15,16). The molecule has 2 aromatic rings. The fourth-order valence-corrected chi connectivity index (χ4v) is 1.64. The molecule has 3 nitrogen and oxygen atoms in total. The lowest BCUT2D eigenvalue weighted by Gasteiger charge is -2.14. The number of hydrogen-bond acceptors (Lipinski definition) is 2. The van der Waals surface area contributed by atoms with Crippen molar-refractivity contribution in [2.45, 2.75) is 13.0 Å². The van der Waals surface area contributed by atoms with Crippen molar-refractivity contribution in [1.82, 2.24) is 9.78 Å². The van der Waals surface area contributed by atoms with Gasteiger partial charge < -0.3 is 5.32 Å². The molecule has 0 aliphatic heterocycles. The lowest BCUT2D eigenvalue weighted by Crippen LogP contribution is -2.09. The highest BCUT2D eigenvalue weighted by atomic mass is 19.1. The van der Waals surface area contributed by atoms with Crippen molar-refractivity contribution in [3.05, 3.63) is 47.7 Å². The van der Waals surface area contributed by atoms with E-state index >= 15 is 0 Å². The number of aryl methyl sites for hydroxylation is 1. The quantitative estimate of drug-likeness (QED) is 0.889. The minimum absolute atomic E-state index is 0.288. The Morgan fingerprint density at radius 1 is 1.29 bits per heavy atom. The Kier molecular flexibility index (Phi) is 3.08. The molecule has 0 spiro atoms. The molecule has 5 heteroatoms. The Balaban J connectivity index is 2.19. The largest absolute Gasteiger partial charge is 0.362 e. The zero-order valence-corrected chi connectivity index (χ0v) is 9.61. The van der Waals surface area contributed by atoms with E-state index in [1.807, 2.05) is 0 Å². The summed E-state index contributed by atoms with van der Waals surface area (Å²) >= 11 is 0. The predicted octanol–water partition coefficient (Wildman–Crippen LogP) is 2.87. The van der Waals surface area contributed by atoms with E-state index in [0.29, 0.717) is 5.82 Å². The molecule has 1 aromatic carbocycles. The van der Waals surface area contributed by atoms with Crippen LogP contribution in [-0.4, -0.2) is 9.78 Å². The van der Waals surface area contributed by atoms with Gasteiger partial charge in [0.1, 0.15) is 17.5 Å². The first-order valence-electron chi connectivity index (χ1n) is 5.27. The van der Waals surface area contributed by atoms with E-state index in [1.165, 1.54) is 6.07 Å². The van der Waals surface area contributed by atoms with Crippen LogP contribution >= 0.6 is 0 Å². The van der Waals surface area contributed by atoms with Crippen LogP contribution in [0.15, 0.2) is 30.5 Å². The monoisotopic (exact) mass is 237 g/mol. The molecule has 2 rings (SSSR count). The van der Waals surface area contributed by atoms with Gasteiger partial charge in [0.25, 0.3) is 0 Å². The maximum atomic E-state index is 13.5. The zero-order chi connectivity index (χ0) is 12.4. The summed E-state index contributed by atoms with van der Waals surface area (Å²) in [6.45, 7) is 1.76. The van der Waals surface area contributed by atoms with Gasteiger partial charge in [-0.05, 0) is 25.1 Å². The summed E-state index contributed by atoms with van der Waals surface area (Å²) in [6, 6.07) is 4.85. The Bertz CT molecular complexity index is 522. The number of benzene rings is 1. The molecular weight excluding hydrogens is 224 g/mol. The van der Waals surface area contributed by atoms with E-state index in [4.69, 9.17) is 0 Å². The third-order valence-corrected chi connectivity index (χ3v) is 2.50. The molecule has 17 heavy (non-hydrogen) atoms. The molecule has 0 fully saturated rings. The molecule has 0 radical (unpaired) electrons. The first kappa shape index (κ1) is 11.6. The van der Waals surface area contributed by atoms with E-state index in [2.05, 4.69) is 10.4 Å². The summed E-state index contributed by atoms with van der Waals surface area (Å²) in [7, 11) is 1.79. The molecule has 0 aliphatic rings. The van der Waals surface area contributed by atoms with Gasteiger partial charge in [0.2, 0.25) is 0 Å². The molecule has 0 saturated heterocycles. The molecule has 90 valence electrons. The van der Waals surface area contributed by atoms with E-state index in [-0.39, 0.29) is 11.6 Å². The zero-order valence-electron chi connectivity index (χ0n) is 9.61. The van der Waals surface area contributed by atoms with Gasteiger partial charge in [-0.2, -0.15) is 5.10 Å². The average Bonchev–Trinajstić information content (AvgIpc) is 2.67. The highest BCUT2D eigenvalue weighted by molar-refractivity contribution is 5.37. The minimum Gasteiger partial charge on any atom is -0.362 e. The third-order valence-electron chi connectivity index (χ3n) is 2.50. The maximum absolute atomic E-state index is 13.5. The summed E-state index contributed by atoms with van der Waals surface area (Å²) in [5.41, 5.74) is 0.288. The van der Waals surface area contributed by atoms with Crippen molar-refractivity contribution in [3.63, 3.8) is 0 Å². The van der Waals surface area contributed by atoms with Gasteiger partial charge in [-0.1, -0.05) is 0 Å². The van der Waals surface area contributed by atoms with Crippen LogP contribution in [0.1, 0.15) is 18.5 Å². The summed E-state index contributed by atoms with van der Waals surface area (Å²) in [5.74, 6) is -0.248. The fourth-order valence-electron chi connectivity index (χ4n) is 1.64. The number of rotatable bonds is 3. The van der Waals surface area contributed by atoms with Gasteiger partial charge in [0.15, 0.2) is 0 Å². The van der Waals surface area contributed by atoms with Crippen LogP contribution < -0.4 is 5.32 Å². The fraction of sp³-hybridized carbons (Fsp3) is 0.250. The van der Waals surface area contributed by atoms with Gasteiger partial charge >= 0.3 is 0 Å². The Morgan fingerprint density at radius 3 is 2.71 bits per heavy atom. The molecule has 0 aliphatic carbocycles. The number of halogens is 2. The molecule has 0 amide bonds. The number of nitrogens with zero attached hydrogens (tertiary/aromatic N) is 2. The number of aromatic nitrogens is 2. The van der Waals surface area contributed by atoms with Crippen molar-refractivity contribution in [3.8, 4) is 0 Å². The van der Waals surface area contributed by atoms with Crippen LogP contribution in [0.25, 0.3) is 0 Å². The first-order valence-corrected chi connectivity index (χ1v) is 5.27. The molecule has 1 N–H and O–H groups in total. The molecule has 1 heterocycles. The summed E-state index contributed by atoms with van der Waals surface area (Å²) < 4.78 is 28.2. The predicted molar refractivity (Wildman–Crippen MR) is 61.6 cm³/mol. The average molecular weight is 237 g/mol. The summed E-state index contributed by atoms with van der Waals surface area (Å²) in [4.78, 5) is 0. The second-order valence-electron chi connectivity index (χ2n) is 3.91. The van der Waals surface area contributed by atoms with Crippen LogP contribution in [0.5, 0.6) is 0 Å². The molecule has 0 saturated carbocycles. The summed E-state index contributed by atoms with van der Waals surface area (Å²) in [6.07, 6.45) is 1.77. The number of hydrogen-bond donors (Lipinski definition) is 1. The van der Waals surface area contributed by atoms with E-state index in [0.717, 1.165) is 12.1 Å². The number of nitrogens with one attached hydrogen (secondary N) is 1. The van der Waals surface area contributed by atoms with Gasteiger partial charge in [-0.3, -0.25) is 4.68 Å². The van der Waals surface area contributed by atoms with E-state index < -0.39 is 11.6 Å². The number of anilines is 1. The van der Waals surface area contributed by atoms with Crippen LogP contribution in [-0.2, 0) is 7.05 Å². The molecule has 1 aromatic heterocycles. The van der Waals surface area contributed by atoms with Crippen LogP contribution in [0.2, 0.25) is 0 Å². The van der Waals surface area contributed by atoms with Crippen molar-refractivity contribution >= 4 is 5.82 Å². The molecule has 0 bridgehead atoms. The SMILES string of the molecule is CC(Nc1ccn(C)n1)c1cc(F)ccc1F. The van der Waals surface area contributed by atoms with Crippen LogP contribution in [0.4, 0.5) is 14.6 Å². The summed E-state index contributed by atoms with van der Waals surface area (Å²) in [5, 5.41) is 7.13. The topological polar surface area (TPSA) is 29.9 Å². The lowest BCUT2D eigenvalue weighted by molar-refractivity contribution is 0.576. The van der Waals surface area contributed by atoms with Crippen molar-refractivity contribution in [1.29, 1.82) is 0 Å². The highest BCUT2D eigenvalue weighted by Gasteiger charge is 2.12. The van der Waals surface area contributed by atoms with E-state index in [1.54, 1.807) is 30.9 Å². The smallest absolute Gasteiger partial charge is 0.148 e. The van der Waals surface area contributed by atoms with Gasteiger partial charge in [-0.25, -0.2) is 8.78 Å². The van der Waals surface area contributed by atoms with Gasteiger partial charge in [0, 0.05) is 24.9 Å². The second kappa shape index (κ2) is 4.53. The maximum Gasteiger partial charge on any atom is 0.148 e. The molecule has 1 atom stereocenters. The highest BCUT2D eigenvalue weighted by Crippen LogP contribution is 2.21. The van der Waals surface area contributed by atoms with Crippen molar-refractivity contribution in [2.24, 2.45) is 7.05 Å². The molecule has 1 unspecified atom stereocenters. The second-order valence-corrected chi connectivity index (χ2v) is 3.91. The molecular formula is C12H13F2N3. The normalized spacial score (nSPS) is 12.5. The first-order chi connectivity index (χ1) is 8.06. The van der Waals surface area contributed by atoms with Crippen LogP contribution in [0.3, 0.4) is 0 Å². The van der Waals surface area contributed by atoms with Crippen molar-refractivity contribution in [2.75, 3.05) is 5.32 Å². The Labute approximate surface area is 98.1 Å².